The number of allylic oxidation sites excluding steroid dienone is 1. The van der Waals surface area contributed by atoms with Crippen molar-refractivity contribution >= 4 is 16.9 Å². The molecule has 0 bridgehead atoms. The molecule has 0 atom stereocenters. The number of fused-ring (bicyclic) bond motifs is 1. The second-order valence-electron chi connectivity index (χ2n) is 6.11. The van der Waals surface area contributed by atoms with Crippen molar-refractivity contribution in [2.75, 3.05) is 0 Å². The Labute approximate surface area is 141 Å². The van der Waals surface area contributed by atoms with E-state index in [2.05, 4.69) is 21.4 Å². The van der Waals surface area contributed by atoms with Gasteiger partial charge in [-0.05, 0) is 38.1 Å². The molecule has 1 heterocycles. The number of para-hydroxylation sites is 2. The zero-order valence-corrected chi connectivity index (χ0v) is 14.0. The molecule has 0 fully saturated rings. The molecule has 0 aliphatic carbocycles. The van der Waals surface area contributed by atoms with Crippen molar-refractivity contribution in [3.63, 3.8) is 0 Å². The molecule has 0 radical (unpaired) electrons. The van der Waals surface area contributed by atoms with Crippen LogP contribution in [0.4, 0.5) is 0 Å². The minimum atomic E-state index is -0.0902. The Morgan fingerprint density at radius 2 is 2.00 bits per heavy atom. The normalized spacial score (nSPS) is 10.8. The second-order valence-corrected chi connectivity index (χ2v) is 6.11. The third-order valence-corrected chi connectivity index (χ3v) is 3.85. The van der Waals surface area contributed by atoms with Crippen molar-refractivity contribution in [1.82, 2.24) is 14.9 Å². The molecule has 0 aliphatic rings. The Hall–Kier alpha value is -2.88. The summed E-state index contributed by atoms with van der Waals surface area (Å²) in [4.78, 5) is 17.0. The Balaban J connectivity index is 1.84. The second kappa shape index (κ2) is 6.71. The van der Waals surface area contributed by atoms with Crippen LogP contribution >= 0.6 is 0 Å². The van der Waals surface area contributed by atoms with E-state index in [1.807, 2.05) is 62.4 Å². The van der Waals surface area contributed by atoms with Crippen LogP contribution in [0.5, 0.6) is 0 Å². The molecule has 0 saturated heterocycles. The number of rotatable bonds is 5. The lowest BCUT2D eigenvalue weighted by Crippen LogP contribution is -2.25. The number of hydrogen-bond donors (Lipinski definition) is 1. The molecule has 0 unspecified atom stereocenters. The number of nitrogens with one attached hydrogen (secondary N) is 1. The maximum atomic E-state index is 12.4. The van der Waals surface area contributed by atoms with Crippen molar-refractivity contribution in [3.05, 3.63) is 77.6 Å². The van der Waals surface area contributed by atoms with E-state index in [0.29, 0.717) is 18.7 Å². The zero-order valence-electron chi connectivity index (χ0n) is 14.0. The Morgan fingerprint density at radius 1 is 1.21 bits per heavy atom. The van der Waals surface area contributed by atoms with E-state index in [4.69, 9.17) is 0 Å². The molecule has 4 heteroatoms. The van der Waals surface area contributed by atoms with Gasteiger partial charge in [-0.15, -0.1) is 0 Å². The fourth-order valence-corrected chi connectivity index (χ4v) is 2.75. The smallest absolute Gasteiger partial charge is 0.251 e. The first-order valence-corrected chi connectivity index (χ1v) is 7.98. The summed E-state index contributed by atoms with van der Waals surface area (Å²) in [7, 11) is 0. The fourth-order valence-electron chi connectivity index (χ4n) is 2.75. The van der Waals surface area contributed by atoms with Crippen LogP contribution in [-0.4, -0.2) is 15.5 Å². The summed E-state index contributed by atoms with van der Waals surface area (Å²) in [5, 5.41) is 2.97. The van der Waals surface area contributed by atoms with Crippen LogP contribution in [0.2, 0.25) is 0 Å². The minimum absolute atomic E-state index is 0.0902. The van der Waals surface area contributed by atoms with Gasteiger partial charge in [-0.3, -0.25) is 4.79 Å². The number of nitrogens with zero attached hydrogens (tertiary/aromatic N) is 2. The SMILES string of the molecule is C=C(C)Cn1c(CNC(=O)c2cccc(C)c2)nc2ccccc21. The zero-order chi connectivity index (χ0) is 17.1. The molecule has 0 spiro atoms. The summed E-state index contributed by atoms with van der Waals surface area (Å²) < 4.78 is 2.11. The highest BCUT2D eigenvalue weighted by Gasteiger charge is 2.12. The molecule has 3 aromatic rings. The van der Waals surface area contributed by atoms with Gasteiger partial charge in [-0.1, -0.05) is 42.0 Å². The predicted octanol–water partition coefficient (Wildman–Crippen LogP) is 3.85. The molecule has 0 aliphatic heterocycles. The summed E-state index contributed by atoms with van der Waals surface area (Å²) in [5.41, 5.74) is 4.76. The molecule has 122 valence electrons. The highest BCUT2D eigenvalue weighted by molar-refractivity contribution is 5.94. The summed E-state index contributed by atoms with van der Waals surface area (Å²) in [6.07, 6.45) is 0. The van der Waals surface area contributed by atoms with Gasteiger partial charge < -0.3 is 9.88 Å². The average molecular weight is 319 g/mol. The molecular weight excluding hydrogens is 298 g/mol. The Morgan fingerprint density at radius 3 is 2.75 bits per heavy atom. The number of aryl methyl sites for hydroxylation is 1. The van der Waals surface area contributed by atoms with Gasteiger partial charge >= 0.3 is 0 Å². The minimum Gasteiger partial charge on any atom is -0.345 e. The van der Waals surface area contributed by atoms with Crippen LogP contribution in [0, 0.1) is 6.92 Å². The number of hydrogen-bond acceptors (Lipinski definition) is 2. The van der Waals surface area contributed by atoms with Gasteiger partial charge in [0.05, 0.1) is 17.6 Å². The molecule has 3 rings (SSSR count). The standard InChI is InChI=1S/C20H21N3O/c1-14(2)13-23-18-10-5-4-9-17(18)22-19(23)12-21-20(24)16-8-6-7-15(3)11-16/h4-11H,1,12-13H2,2-3H3,(H,21,24). The van der Waals surface area contributed by atoms with Crippen LogP contribution in [0.1, 0.15) is 28.7 Å². The van der Waals surface area contributed by atoms with Crippen molar-refractivity contribution in [2.24, 2.45) is 0 Å². The van der Waals surface area contributed by atoms with E-state index >= 15 is 0 Å². The predicted molar refractivity (Wildman–Crippen MR) is 96.9 cm³/mol. The third kappa shape index (κ3) is 3.38. The van der Waals surface area contributed by atoms with Gasteiger partial charge in [0.2, 0.25) is 0 Å². The van der Waals surface area contributed by atoms with Crippen molar-refractivity contribution < 1.29 is 4.79 Å². The quantitative estimate of drug-likeness (QED) is 0.726. The number of benzene rings is 2. The molecule has 2 aromatic carbocycles. The molecular formula is C20H21N3O. The summed E-state index contributed by atoms with van der Waals surface area (Å²) >= 11 is 0. The highest BCUT2D eigenvalue weighted by Crippen LogP contribution is 2.17. The number of imidazole rings is 1. The van der Waals surface area contributed by atoms with Crippen LogP contribution in [-0.2, 0) is 13.1 Å². The molecule has 24 heavy (non-hydrogen) atoms. The van der Waals surface area contributed by atoms with Gasteiger partial charge in [0.25, 0.3) is 5.91 Å². The summed E-state index contributed by atoms with van der Waals surface area (Å²) in [6, 6.07) is 15.5. The Kier molecular flexibility index (Phi) is 4.47. The fraction of sp³-hybridized carbons (Fsp3) is 0.200. The Bertz CT molecular complexity index is 908. The van der Waals surface area contributed by atoms with Crippen molar-refractivity contribution in [2.45, 2.75) is 26.9 Å². The molecule has 1 N–H and O–H groups in total. The largest absolute Gasteiger partial charge is 0.345 e. The third-order valence-electron chi connectivity index (χ3n) is 3.85. The van der Waals surface area contributed by atoms with Crippen LogP contribution < -0.4 is 5.32 Å². The first-order chi connectivity index (χ1) is 11.5. The van der Waals surface area contributed by atoms with Gasteiger partial charge in [-0.2, -0.15) is 0 Å². The number of carbonyl (C=O) groups excluding carboxylic acids is 1. The number of carbonyl (C=O) groups is 1. The van der Waals surface area contributed by atoms with Gasteiger partial charge in [0.1, 0.15) is 5.82 Å². The van der Waals surface area contributed by atoms with Gasteiger partial charge in [0, 0.05) is 12.1 Å². The van der Waals surface area contributed by atoms with Crippen LogP contribution in [0.25, 0.3) is 11.0 Å². The summed E-state index contributed by atoms with van der Waals surface area (Å²) in [5.74, 6) is 0.743. The topological polar surface area (TPSA) is 46.9 Å². The van der Waals surface area contributed by atoms with Crippen LogP contribution in [0.15, 0.2) is 60.7 Å². The van der Waals surface area contributed by atoms with Crippen molar-refractivity contribution in [3.8, 4) is 0 Å². The lowest BCUT2D eigenvalue weighted by Gasteiger charge is -2.10. The van der Waals surface area contributed by atoms with E-state index in [0.717, 1.165) is 28.0 Å². The molecule has 1 aromatic heterocycles. The maximum absolute atomic E-state index is 12.4. The number of amides is 1. The average Bonchev–Trinajstić information content (AvgIpc) is 2.90. The summed E-state index contributed by atoms with van der Waals surface area (Å²) in [6.45, 7) is 9.03. The maximum Gasteiger partial charge on any atom is 0.251 e. The van der Waals surface area contributed by atoms with E-state index in [1.165, 1.54) is 0 Å². The van der Waals surface area contributed by atoms with E-state index in [-0.39, 0.29) is 5.91 Å². The first kappa shape index (κ1) is 16.0. The first-order valence-electron chi connectivity index (χ1n) is 7.98. The monoisotopic (exact) mass is 319 g/mol. The van der Waals surface area contributed by atoms with Crippen LogP contribution in [0.3, 0.4) is 0 Å². The van der Waals surface area contributed by atoms with E-state index in [1.54, 1.807) is 0 Å². The number of aromatic nitrogens is 2. The lowest BCUT2D eigenvalue weighted by molar-refractivity contribution is 0.0949. The van der Waals surface area contributed by atoms with Gasteiger partial charge in [0.15, 0.2) is 0 Å². The van der Waals surface area contributed by atoms with Gasteiger partial charge in [-0.25, -0.2) is 4.98 Å². The lowest BCUT2D eigenvalue weighted by atomic mass is 10.1. The van der Waals surface area contributed by atoms with E-state index in [9.17, 15) is 4.79 Å². The van der Waals surface area contributed by atoms with Crippen molar-refractivity contribution in [1.29, 1.82) is 0 Å². The highest BCUT2D eigenvalue weighted by atomic mass is 16.1. The molecule has 0 saturated carbocycles. The van der Waals surface area contributed by atoms with E-state index < -0.39 is 0 Å². The molecule has 1 amide bonds. The molecule has 4 nitrogen and oxygen atoms in total.